The number of hydrogen-bond acceptors (Lipinski definition) is 2. The molecule has 4 heteroatoms. The zero-order valence-corrected chi connectivity index (χ0v) is 12.5. The molecule has 0 aliphatic carbocycles. The van der Waals surface area contributed by atoms with Crippen molar-refractivity contribution in [1.82, 2.24) is 4.90 Å². The molecule has 22 heavy (non-hydrogen) atoms. The van der Waals surface area contributed by atoms with E-state index in [0.717, 1.165) is 23.3 Å². The molecule has 0 bridgehead atoms. The predicted octanol–water partition coefficient (Wildman–Crippen LogP) is 3.87. The number of likely N-dealkylation sites (tertiary alicyclic amines) is 1. The summed E-state index contributed by atoms with van der Waals surface area (Å²) in [5.74, 6) is 0.783. The van der Waals surface area contributed by atoms with E-state index in [4.69, 9.17) is 9.84 Å². The van der Waals surface area contributed by atoms with E-state index in [1.165, 1.54) is 4.90 Å². The second-order valence-electron chi connectivity index (χ2n) is 5.65. The third-order valence-corrected chi connectivity index (χ3v) is 4.03. The van der Waals surface area contributed by atoms with Crippen molar-refractivity contribution in [3.05, 3.63) is 54.6 Å². The Labute approximate surface area is 130 Å². The molecule has 1 saturated heterocycles. The molecule has 1 N–H and O–H groups in total. The highest BCUT2D eigenvalue weighted by atomic mass is 16.5. The molecule has 1 heterocycles. The summed E-state index contributed by atoms with van der Waals surface area (Å²) < 4.78 is 5.98. The van der Waals surface area contributed by atoms with Crippen LogP contribution in [-0.2, 0) is 0 Å². The normalized spacial score (nSPS) is 20.9. The van der Waals surface area contributed by atoms with Crippen LogP contribution in [0, 0.1) is 0 Å². The first kappa shape index (κ1) is 14.4. The van der Waals surface area contributed by atoms with Gasteiger partial charge in [0.15, 0.2) is 0 Å². The van der Waals surface area contributed by atoms with Gasteiger partial charge in [0.2, 0.25) is 0 Å². The first-order valence-electron chi connectivity index (χ1n) is 7.45. The number of nitrogens with zero attached hydrogens (tertiary/aromatic N) is 1. The van der Waals surface area contributed by atoms with E-state index in [1.54, 1.807) is 0 Å². The van der Waals surface area contributed by atoms with Gasteiger partial charge in [0.05, 0.1) is 6.54 Å². The van der Waals surface area contributed by atoms with Crippen LogP contribution in [0.3, 0.4) is 0 Å². The standard InChI is InChI=1S/C18H19NO3/c1-13-10-17(12-19(13)18(20)21)22-16-9-5-8-15(11-16)14-6-3-2-4-7-14/h2-9,11,13,17H,10,12H2,1H3,(H,20,21)/t13-,17-/m1/s1. The van der Waals surface area contributed by atoms with Gasteiger partial charge in [-0.15, -0.1) is 0 Å². The van der Waals surface area contributed by atoms with Gasteiger partial charge in [0.1, 0.15) is 11.9 Å². The third kappa shape index (κ3) is 3.06. The molecule has 0 saturated carbocycles. The van der Waals surface area contributed by atoms with Crippen LogP contribution in [0.4, 0.5) is 4.79 Å². The summed E-state index contributed by atoms with van der Waals surface area (Å²) >= 11 is 0. The van der Waals surface area contributed by atoms with E-state index in [2.05, 4.69) is 12.1 Å². The molecule has 2 atom stereocenters. The second-order valence-corrected chi connectivity index (χ2v) is 5.65. The molecule has 0 radical (unpaired) electrons. The maximum Gasteiger partial charge on any atom is 0.407 e. The molecule has 1 fully saturated rings. The quantitative estimate of drug-likeness (QED) is 0.935. The lowest BCUT2D eigenvalue weighted by atomic mass is 10.1. The van der Waals surface area contributed by atoms with E-state index in [0.29, 0.717) is 6.54 Å². The van der Waals surface area contributed by atoms with Crippen molar-refractivity contribution in [2.24, 2.45) is 0 Å². The van der Waals surface area contributed by atoms with Gasteiger partial charge in [-0.2, -0.15) is 0 Å². The van der Waals surface area contributed by atoms with E-state index < -0.39 is 6.09 Å². The van der Waals surface area contributed by atoms with Gasteiger partial charge in [-0.3, -0.25) is 0 Å². The molecule has 4 nitrogen and oxygen atoms in total. The van der Waals surface area contributed by atoms with Crippen LogP contribution in [0.25, 0.3) is 11.1 Å². The second kappa shape index (κ2) is 6.10. The maximum absolute atomic E-state index is 11.1. The van der Waals surface area contributed by atoms with Gasteiger partial charge in [-0.05, 0) is 30.2 Å². The van der Waals surface area contributed by atoms with Crippen LogP contribution < -0.4 is 4.74 Å². The molecule has 0 spiro atoms. The number of ether oxygens (including phenoxy) is 1. The minimum atomic E-state index is -0.878. The molecule has 0 unspecified atom stereocenters. The lowest BCUT2D eigenvalue weighted by Gasteiger charge is -2.16. The number of hydrogen-bond donors (Lipinski definition) is 1. The molecule has 1 aliphatic rings. The van der Waals surface area contributed by atoms with Crippen molar-refractivity contribution in [1.29, 1.82) is 0 Å². The fraction of sp³-hybridized carbons (Fsp3) is 0.278. The summed E-state index contributed by atoms with van der Waals surface area (Å²) in [6.45, 7) is 2.34. The molecule has 3 rings (SSSR count). The third-order valence-electron chi connectivity index (χ3n) is 4.03. The van der Waals surface area contributed by atoms with Gasteiger partial charge in [0, 0.05) is 12.5 Å². The Morgan fingerprint density at radius 1 is 1.14 bits per heavy atom. The fourth-order valence-corrected chi connectivity index (χ4v) is 2.91. The van der Waals surface area contributed by atoms with Gasteiger partial charge in [-0.1, -0.05) is 42.5 Å². The first-order chi connectivity index (χ1) is 10.6. The summed E-state index contributed by atoms with van der Waals surface area (Å²) in [4.78, 5) is 12.6. The van der Waals surface area contributed by atoms with Crippen LogP contribution in [0.15, 0.2) is 54.6 Å². The van der Waals surface area contributed by atoms with Gasteiger partial charge >= 0.3 is 6.09 Å². The average Bonchev–Trinajstić information content (AvgIpc) is 2.89. The van der Waals surface area contributed by atoms with Gasteiger partial charge in [0.25, 0.3) is 0 Å². The van der Waals surface area contributed by atoms with E-state index in [-0.39, 0.29) is 12.1 Å². The van der Waals surface area contributed by atoms with Gasteiger partial charge < -0.3 is 14.7 Å². The number of amides is 1. The number of benzene rings is 2. The van der Waals surface area contributed by atoms with Crippen LogP contribution in [0.1, 0.15) is 13.3 Å². The molecule has 2 aromatic rings. The molecule has 114 valence electrons. The van der Waals surface area contributed by atoms with Crippen molar-refractivity contribution < 1.29 is 14.6 Å². The Morgan fingerprint density at radius 3 is 2.55 bits per heavy atom. The fourth-order valence-electron chi connectivity index (χ4n) is 2.91. The Bertz CT molecular complexity index is 656. The Hall–Kier alpha value is -2.49. The lowest BCUT2D eigenvalue weighted by molar-refractivity contribution is 0.137. The van der Waals surface area contributed by atoms with Crippen LogP contribution in [-0.4, -0.2) is 34.8 Å². The minimum absolute atomic E-state index is 0.000180. The highest BCUT2D eigenvalue weighted by molar-refractivity contribution is 5.66. The monoisotopic (exact) mass is 297 g/mol. The topological polar surface area (TPSA) is 49.8 Å². The average molecular weight is 297 g/mol. The molecule has 1 amide bonds. The summed E-state index contributed by atoms with van der Waals surface area (Å²) in [7, 11) is 0. The summed E-state index contributed by atoms with van der Waals surface area (Å²) in [6.07, 6.45) is -0.240. The molecular weight excluding hydrogens is 278 g/mol. The zero-order chi connectivity index (χ0) is 15.5. The zero-order valence-electron chi connectivity index (χ0n) is 12.5. The smallest absolute Gasteiger partial charge is 0.407 e. The Kier molecular flexibility index (Phi) is 4.00. The number of rotatable bonds is 3. The Balaban J connectivity index is 1.73. The van der Waals surface area contributed by atoms with Crippen molar-refractivity contribution in [3.63, 3.8) is 0 Å². The lowest BCUT2D eigenvalue weighted by Crippen LogP contribution is -2.33. The van der Waals surface area contributed by atoms with Crippen LogP contribution in [0.5, 0.6) is 5.75 Å². The van der Waals surface area contributed by atoms with Crippen molar-refractivity contribution in [2.45, 2.75) is 25.5 Å². The van der Waals surface area contributed by atoms with Gasteiger partial charge in [-0.25, -0.2) is 4.79 Å². The minimum Gasteiger partial charge on any atom is -0.488 e. The maximum atomic E-state index is 11.1. The van der Waals surface area contributed by atoms with Crippen molar-refractivity contribution >= 4 is 6.09 Å². The first-order valence-corrected chi connectivity index (χ1v) is 7.45. The van der Waals surface area contributed by atoms with E-state index in [1.807, 2.05) is 49.4 Å². The van der Waals surface area contributed by atoms with Crippen molar-refractivity contribution in [3.8, 4) is 16.9 Å². The highest BCUT2D eigenvalue weighted by Gasteiger charge is 2.33. The Morgan fingerprint density at radius 2 is 1.86 bits per heavy atom. The summed E-state index contributed by atoms with van der Waals surface area (Å²) in [5.41, 5.74) is 2.24. The number of carboxylic acid groups (broad SMARTS) is 1. The van der Waals surface area contributed by atoms with Crippen LogP contribution >= 0.6 is 0 Å². The highest BCUT2D eigenvalue weighted by Crippen LogP contribution is 2.27. The van der Waals surface area contributed by atoms with E-state index >= 15 is 0 Å². The molecule has 0 aromatic heterocycles. The predicted molar refractivity (Wildman–Crippen MR) is 85.1 cm³/mol. The summed E-state index contributed by atoms with van der Waals surface area (Å²) in [6, 6.07) is 18.0. The van der Waals surface area contributed by atoms with Crippen molar-refractivity contribution in [2.75, 3.05) is 6.54 Å². The largest absolute Gasteiger partial charge is 0.488 e. The van der Waals surface area contributed by atoms with E-state index in [9.17, 15) is 4.79 Å². The van der Waals surface area contributed by atoms with Crippen LogP contribution in [0.2, 0.25) is 0 Å². The number of carbonyl (C=O) groups is 1. The SMILES string of the molecule is C[C@@H]1C[C@@H](Oc2cccc(-c3ccccc3)c2)CN1C(=O)O. The molecular formula is C18H19NO3. The molecule has 2 aromatic carbocycles. The summed E-state index contributed by atoms with van der Waals surface area (Å²) in [5, 5.41) is 9.13. The molecule has 1 aliphatic heterocycles.